The molecule has 0 radical (unpaired) electrons. The molecule has 1 heterocycles. The lowest BCUT2D eigenvalue weighted by atomic mass is 9.86. The fraction of sp³-hybridized carbons (Fsp3) is 0.281. The summed E-state index contributed by atoms with van der Waals surface area (Å²) in [6.45, 7) is 5.23. The van der Waals surface area contributed by atoms with Crippen LogP contribution < -0.4 is 25.7 Å². The van der Waals surface area contributed by atoms with E-state index < -0.39 is 0 Å². The largest absolute Gasteiger partial charge is 0.507 e. The number of hydrogen-bond donors (Lipinski definition) is 3. The third kappa shape index (κ3) is 6.54. The van der Waals surface area contributed by atoms with E-state index in [2.05, 4.69) is 24.0 Å². The Bertz CT molecular complexity index is 1490. The van der Waals surface area contributed by atoms with E-state index in [0.717, 1.165) is 64.8 Å². The summed E-state index contributed by atoms with van der Waals surface area (Å²) in [5, 5.41) is 12.5. The monoisotopic (exact) mass is 561 g/mol. The number of nitrogens with zero attached hydrogens (tertiary/aromatic N) is 1. The highest BCUT2D eigenvalue weighted by molar-refractivity contribution is 5.96. The zero-order chi connectivity index (χ0) is 27.4. The lowest BCUT2D eigenvalue weighted by Gasteiger charge is -2.37. The van der Waals surface area contributed by atoms with Gasteiger partial charge < -0.3 is 30.8 Å². The van der Waals surface area contributed by atoms with Crippen LogP contribution in [0.15, 0.2) is 77.8 Å². The molecular formula is C32H36ClN3O4. The Morgan fingerprint density at radius 2 is 1.55 bits per heavy atom. The second kappa shape index (κ2) is 12.4. The van der Waals surface area contributed by atoms with Gasteiger partial charge in [0.2, 0.25) is 0 Å². The first-order valence-electron chi connectivity index (χ1n) is 13.3. The van der Waals surface area contributed by atoms with Gasteiger partial charge in [0, 0.05) is 29.2 Å². The van der Waals surface area contributed by atoms with E-state index in [1.165, 1.54) is 5.56 Å². The lowest BCUT2D eigenvalue weighted by molar-refractivity contribution is 0.0437. The standard InChI is InChI=1S/C32H35N3O4.ClH/c1-21-26-15-17-32(2,39-30(26)28-6-4-3-5-27(28)29(21)36)18-20-38-24-11-7-22(8-12-24)16-19-37-25-13-9-23(10-14-25)35-31(33)34;/h3-14,36H,15-20H2,1-2H3,(H4,33,34,35);1H. The molecule has 7 nitrogen and oxygen atoms in total. The Morgan fingerprint density at radius 1 is 0.925 bits per heavy atom. The van der Waals surface area contributed by atoms with Crippen LogP contribution in [0.3, 0.4) is 0 Å². The van der Waals surface area contributed by atoms with Crippen LogP contribution in [-0.2, 0) is 12.8 Å². The number of phenolic OH excluding ortho intramolecular Hbond substituents is 1. The van der Waals surface area contributed by atoms with Crippen LogP contribution >= 0.6 is 12.4 Å². The summed E-state index contributed by atoms with van der Waals surface area (Å²) >= 11 is 0. The van der Waals surface area contributed by atoms with Crippen molar-refractivity contribution < 1.29 is 19.3 Å². The lowest BCUT2D eigenvalue weighted by Crippen LogP contribution is -2.38. The molecule has 4 aromatic rings. The minimum atomic E-state index is -0.335. The first-order chi connectivity index (χ1) is 18.8. The van der Waals surface area contributed by atoms with Gasteiger partial charge in [0.25, 0.3) is 0 Å². The SMILES string of the molecule is Cc1c2c(c3ccccc3c1O)OC(C)(CCOc1ccc(CCOc3ccc(N=C(N)N)cc3)cc1)CC2.Cl. The van der Waals surface area contributed by atoms with Crippen molar-refractivity contribution in [3.63, 3.8) is 0 Å². The third-order valence-electron chi connectivity index (χ3n) is 7.34. The predicted octanol–water partition coefficient (Wildman–Crippen LogP) is 6.35. The number of phenols is 1. The minimum absolute atomic E-state index is 0. The quantitative estimate of drug-likeness (QED) is 0.162. The van der Waals surface area contributed by atoms with Crippen LogP contribution in [0.5, 0.6) is 23.0 Å². The Kier molecular flexibility index (Phi) is 8.95. The molecule has 40 heavy (non-hydrogen) atoms. The number of ether oxygens (including phenoxy) is 3. The number of nitrogens with two attached hydrogens (primary N) is 2. The Morgan fingerprint density at radius 3 is 2.23 bits per heavy atom. The van der Waals surface area contributed by atoms with E-state index in [1.807, 2.05) is 67.6 Å². The zero-order valence-corrected chi connectivity index (χ0v) is 23.7. The number of aromatic hydroxyl groups is 1. The number of halogens is 1. The van der Waals surface area contributed by atoms with E-state index >= 15 is 0 Å². The Labute approximate surface area is 241 Å². The van der Waals surface area contributed by atoms with Crippen molar-refractivity contribution in [2.75, 3.05) is 13.2 Å². The predicted molar refractivity (Wildman–Crippen MR) is 163 cm³/mol. The van der Waals surface area contributed by atoms with Crippen LogP contribution in [0.2, 0.25) is 0 Å². The first kappa shape index (κ1) is 28.9. The summed E-state index contributed by atoms with van der Waals surface area (Å²) in [5.74, 6) is 2.88. The molecule has 4 aromatic carbocycles. The van der Waals surface area contributed by atoms with Crippen molar-refractivity contribution in [1.29, 1.82) is 0 Å². The number of benzene rings is 4. The van der Waals surface area contributed by atoms with Gasteiger partial charge in [-0.05, 0) is 74.2 Å². The fourth-order valence-electron chi connectivity index (χ4n) is 5.04. The molecule has 0 bridgehead atoms. The van der Waals surface area contributed by atoms with Crippen LogP contribution in [0, 0.1) is 6.92 Å². The maximum atomic E-state index is 10.7. The summed E-state index contributed by atoms with van der Waals surface area (Å²) in [6.07, 6.45) is 3.29. The van der Waals surface area contributed by atoms with Gasteiger partial charge in [-0.1, -0.05) is 36.4 Å². The average molecular weight is 562 g/mol. The second-order valence-corrected chi connectivity index (χ2v) is 10.3. The summed E-state index contributed by atoms with van der Waals surface area (Å²) in [4.78, 5) is 4.00. The molecule has 1 atom stereocenters. The van der Waals surface area contributed by atoms with Gasteiger partial charge in [0.05, 0.1) is 18.9 Å². The highest BCUT2D eigenvalue weighted by Gasteiger charge is 2.34. The van der Waals surface area contributed by atoms with Gasteiger partial charge in [-0.2, -0.15) is 0 Å². The number of hydrogen-bond acceptors (Lipinski definition) is 5. The summed E-state index contributed by atoms with van der Waals surface area (Å²) in [7, 11) is 0. The number of guanidine groups is 1. The highest BCUT2D eigenvalue weighted by atomic mass is 35.5. The summed E-state index contributed by atoms with van der Waals surface area (Å²) in [5.41, 5.74) is 14.3. The molecule has 1 aliphatic heterocycles. The van der Waals surface area contributed by atoms with Gasteiger partial charge in [-0.15, -0.1) is 12.4 Å². The average Bonchev–Trinajstić information content (AvgIpc) is 2.93. The number of aliphatic imine (C=N–C) groups is 1. The van der Waals surface area contributed by atoms with Crippen molar-refractivity contribution in [2.24, 2.45) is 16.5 Å². The maximum absolute atomic E-state index is 10.7. The van der Waals surface area contributed by atoms with Crippen molar-refractivity contribution in [3.8, 4) is 23.0 Å². The molecule has 0 fully saturated rings. The zero-order valence-electron chi connectivity index (χ0n) is 22.9. The van der Waals surface area contributed by atoms with Gasteiger partial charge in [0.15, 0.2) is 5.96 Å². The van der Waals surface area contributed by atoms with Crippen LogP contribution in [0.25, 0.3) is 10.8 Å². The molecule has 8 heteroatoms. The van der Waals surface area contributed by atoms with Crippen molar-refractivity contribution in [2.45, 2.75) is 45.1 Å². The summed E-state index contributed by atoms with van der Waals surface area (Å²) < 4.78 is 18.5. The maximum Gasteiger partial charge on any atom is 0.191 e. The minimum Gasteiger partial charge on any atom is -0.507 e. The fourth-order valence-corrected chi connectivity index (χ4v) is 5.04. The Hall–Kier alpha value is -4.10. The molecule has 1 unspecified atom stereocenters. The molecule has 210 valence electrons. The molecule has 0 saturated heterocycles. The van der Waals surface area contributed by atoms with Gasteiger partial charge in [-0.25, -0.2) is 4.99 Å². The number of fused-ring (bicyclic) bond motifs is 3. The number of rotatable bonds is 9. The molecule has 0 aromatic heterocycles. The van der Waals surface area contributed by atoms with Crippen molar-refractivity contribution >= 4 is 34.8 Å². The molecule has 0 spiro atoms. The van der Waals surface area contributed by atoms with Crippen LogP contribution in [0.1, 0.15) is 36.5 Å². The normalized spacial score (nSPS) is 15.8. The molecule has 5 N–H and O–H groups in total. The highest BCUT2D eigenvalue weighted by Crippen LogP contribution is 2.45. The molecule has 1 aliphatic rings. The third-order valence-corrected chi connectivity index (χ3v) is 7.34. The first-order valence-corrected chi connectivity index (χ1v) is 13.3. The van der Waals surface area contributed by atoms with Gasteiger partial charge >= 0.3 is 0 Å². The topological polar surface area (TPSA) is 112 Å². The van der Waals surface area contributed by atoms with E-state index in [9.17, 15) is 5.11 Å². The molecule has 0 amide bonds. The summed E-state index contributed by atoms with van der Waals surface area (Å²) in [6, 6.07) is 23.3. The van der Waals surface area contributed by atoms with E-state index in [-0.39, 0.29) is 24.0 Å². The van der Waals surface area contributed by atoms with E-state index in [1.54, 1.807) is 0 Å². The van der Waals surface area contributed by atoms with Gasteiger partial charge in [0.1, 0.15) is 28.6 Å². The van der Waals surface area contributed by atoms with Crippen LogP contribution in [-0.4, -0.2) is 29.9 Å². The van der Waals surface area contributed by atoms with Gasteiger partial charge in [-0.3, -0.25) is 0 Å². The molecular weight excluding hydrogens is 526 g/mol. The molecule has 5 rings (SSSR count). The Balaban J connectivity index is 0.00000370. The second-order valence-electron chi connectivity index (χ2n) is 10.3. The van der Waals surface area contributed by atoms with Crippen molar-refractivity contribution in [1.82, 2.24) is 0 Å². The van der Waals surface area contributed by atoms with E-state index in [0.29, 0.717) is 24.7 Å². The van der Waals surface area contributed by atoms with Crippen LogP contribution in [0.4, 0.5) is 5.69 Å². The van der Waals surface area contributed by atoms with Crippen molar-refractivity contribution in [3.05, 3.63) is 89.5 Å². The molecule has 0 saturated carbocycles. The molecule has 0 aliphatic carbocycles. The smallest absolute Gasteiger partial charge is 0.191 e. The van der Waals surface area contributed by atoms with E-state index in [4.69, 9.17) is 25.7 Å².